The Balaban J connectivity index is 1.97. The summed E-state index contributed by atoms with van der Waals surface area (Å²) >= 11 is 12.8. The zero-order valence-electron chi connectivity index (χ0n) is 10.8. The fourth-order valence-corrected chi connectivity index (χ4v) is 3.51. The van der Waals surface area contributed by atoms with Gasteiger partial charge >= 0.3 is 0 Å². The van der Waals surface area contributed by atoms with Gasteiger partial charge in [-0.1, -0.05) is 78.0 Å². The molecule has 0 atom stereocenters. The number of hydrogen-bond donors (Lipinski definition) is 0. The van der Waals surface area contributed by atoms with Crippen LogP contribution < -0.4 is 4.90 Å². The van der Waals surface area contributed by atoms with Crippen molar-refractivity contribution in [2.75, 3.05) is 4.90 Å². The second-order valence-electron chi connectivity index (χ2n) is 4.38. The molecular weight excluding hydrogens is 322 g/mol. The summed E-state index contributed by atoms with van der Waals surface area (Å²) in [4.78, 5) is 14.6. The molecule has 1 heterocycles. The molecule has 1 fully saturated rings. The monoisotopic (exact) mass is 331 g/mol. The number of amides is 1. The number of nitrogens with zero attached hydrogens (tertiary/aromatic N) is 1. The molecule has 0 aliphatic carbocycles. The highest BCUT2D eigenvalue weighted by Crippen LogP contribution is 2.38. The summed E-state index contributed by atoms with van der Waals surface area (Å²) in [6, 6.07) is 16.9. The smallest absolute Gasteiger partial charge is 0.268 e. The molecule has 2 aromatic rings. The molecule has 1 aliphatic rings. The summed E-state index contributed by atoms with van der Waals surface area (Å²) in [5, 5.41) is 0.509. The number of hydrogen-bond acceptors (Lipinski definition) is 3. The minimum atomic E-state index is -0.137. The molecule has 2 nitrogen and oxygen atoms in total. The summed E-state index contributed by atoms with van der Waals surface area (Å²) in [5.74, 6) is -0.137. The fourth-order valence-electron chi connectivity index (χ4n) is 2.01. The lowest BCUT2D eigenvalue weighted by Gasteiger charge is -2.15. The Morgan fingerprint density at radius 1 is 1.05 bits per heavy atom. The van der Waals surface area contributed by atoms with Crippen molar-refractivity contribution in [2.24, 2.45) is 0 Å². The van der Waals surface area contributed by atoms with E-state index in [1.807, 2.05) is 48.5 Å². The van der Waals surface area contributed by atoms with Crippen LogP contribution in [0.1, 0.15) is 5.56 Å². The van der Waals surface area contributed by atoms with Crippen molar-refractivity contribution in [1.82, 2.24) is 0 Å². The van der Waals surface area contributed by atoms with Crippen molar-refractivity contribution in [1.29, 1.82) is 0 Å². The molecule has 0 saturated carbocycles. The van der Waals surface area contributed by atoms with Gasteiger partial charge in [0, 0.05) is 0 Å². The van der Waals surface area contributed by atoms with Gasteiger partial charge in [-0.3, -0.25) is 9.69 Å². The zero-order chi connectivity index (χ0) is 14.8. The molecule has 1 saturated heterocycles. The first-order valence-corrected chi connectivity index (χ1v) is 7.84. The molecule has 2 aromatic carbocycles. The second-order valence-corrected chi connectivity index (χ2v) is 6.46. The third kappa shape index (κ3) is 2.88. The first kappa shape index (κ1) is 14.3. The van der Waals surface area contributed by atoms with Crippen LogP contribution in [0.3, 0.4) is 0 Å². The van der Waals surface area contributed by atoms with Crippen LogP contribution in [0.4, 0.5) is 5.69 Å². The maximum Gasteiger partial charge on any atom is 0.270 e. The van der Waals surface area contributed by atoms with Gasteiger partial charge in [0.25, 0.3) is 5.91 Å². The van der Waals surface area contributed by atoms with Crippen LogP contribution in [0.25, 0.3) is 6.08 Å². The average molecular weight is 332 g/mol. The normalized spacial score (nSPS) is 16.8. The van der Waals surface area contributed by atoms with Crippen LogP contribution in [0.2, 0.25) is 5.02 Å². The summed E-state index contributed by atoms with van der Waals surface area (Å²) in [6.07, 6.45) is 1.84. The number of rotatable bonds is 2. The first-order valence-electron chi connectivity index (χ1n) is 6.24. The lowest BCUT2D eigenvalue weighted by Crippen LogP contribution is -2.27. The molecular formula is C16H10ClNOS2. The number of para-hydroxylation sites is 1. The summed E-state index contributed by atoms with van der Waals surface area (Å²) in [7, 11) is 0. The molecule has 1 aliphatic heterocycles. The molecule has 3 rings (SSSR count). The van der Waals surface area contributed by atoms with Gasteiger partial charge < -0.3 is 0 Å². The highest BCUT2D eigenvalue weighted by atomic mass is 35.5. The van der Waals surface area contributed by atoms with E-state index >= 15 is 0 Å². The summed E-state index contributed by atoms with van der Waals surface area (Å²) < 4.78 is 0.496. The maximum atomic E-state index is 12.6. The Kier molecular flexibility index (Phi) is 4.10. The van der Waals surface area contributed by atoms with Crippen molar-refractivity contribution in [2.45, 2.75) is 0 Å². The summed E-state index contributed by atoms with van der Waals surface area (Å²) in [6.45, 7) is 0. The number of halogens is 1. The predicted molar refractivity (Wildman–Crippen MR) is 93.5 cm³/mol. The number of anilines is 1. The highest BCUT2D eigenvalue weighted by molar-refractivity contribution is 8.27. The Bertz CT molecular complexity index is 743. The van der Waals surface area contributed by atoms with E-state index in [1.165, 1.54) is 16.7 Å². The standard InChI is InChI=1S/C16H10ClNOS2/c17-12-8-4-5-9-13(12)18-15(19)14(21-16(18)20)10-11-6-2-1-3-7-11/h1-10H. The van der Waals surface area contributed by atoms with Gasteiger partial charge in [-0.15, -0.1) is 0 Å². The van der Waals surface area contributed by atoms with Crippen LogP contribution in [0, 0.1) is 0 Å². The van der Waals surface area contributed by atoms with E-state index < -0.39 is 0 Å². The van der Waals surface area contributed by atoms with E-state index in [2.05, 4.69) is 0 Å². The summed E-state index contributed by atoms with van der Waals surface area (Å²) in [5.41, 5.74) is 1.59. The van der Waals surface area contributed by atoms with E-state index in [1.54, 1.807) is 12.1 Å². The zero-order valence-corrected chi connectivity index (χ0v) is 13.2. The topological polar surface area (TPSA) is 20.3 Å². The third-order valence-electron chi connectivity index (χ3n) is 2.98. The molecule has 1 amide bonds. The van der Waals surface area contributed by atoms with Crippen LogP contribution in [0.15, 0.2) is 59.5 Å². The molecule has 0 aromatic heterocycles. The average Bonchev–Trinajstić information content (AvgIpc) is 2.76. The first-order chi connectivity index (χ1) is 10.2. The van der Waals surface area contributed by atoms with Gasteiger partial charge in [0.2, 0.25) is 0 Å². The van der Waals surface area contributed by atoms with Crippen LogP contribution in [-0.2, 0) is 4.79 Å². The van der Waals surface area contributed by atoms with Gasteiger partial charge in [-0.05, 0) is 23.8 Å². The van der Waals surface area contributed by atoms with E-state index in [4.69, 9.17) is 23.8 Å². The second kappa shape index (κ2) is 6.02. The maximum absolute atomic E-state index is 12.6. The van der Waals surface area contributed by atoms with E-state index in [-0.39, 0.29) is 5.91 Å². The molecule has 0 unspecified atom stereocenters. The Morgan fingerprint density at radius 2 is 1.71 bits per heavy atom. The van der Waals surface area contributed by atoms with Crippen LogP contribution >= 0.6 is 35.6 Å². The Labute approximate surface area is 137 Å². The number of thioether (sulfide) groups is 1. The van der Waals surface area contributed by atoms with Gasteiger partial charge in [-0.2, -0.15) is 0 Å². The van der Waals surface area contributed by atoms with Crippen molar-refractivity contribution < 1.29 is 4.79 Å². The van der Waals surface area contributed by atoms with Crippen molar-refractivity contribution in [3.63, 3.8) is 0 Å². The SMILES string of the molecule is O=C1C(=Cc2ccccc2)SC(=S)N1c1ccccc1Cl. The van der Waals surface area contributed by atoms with Gasteiger partial charge in [-0.25, -0.2) is 0 Å². The van der Waals surface area contributed by atoms with Crippen LogP contribution in [-0.4, -0.2) is 10.2 Å². The molecule has 0 spiro atoms. The van der Waals surface area contributed by atoms with Gasteiger partial charge in [0.15, 0.2) is 4.32 Å². The van der Waals surface area contributed by atoms with Crippen molar-refractivity contribution in [3.05, 3.63) is 70.1 Å². The van der Waals surface area contributed by atoms with Crippen molar-refractivity contribution in [3.8, 4) is 0 Å². The largest absolute Gasteiger partial charge is 0.270 e. The predicted octanol–water partition coefficient (Wildman–Crippen LogP) is 4.75. The number of thiocarbonyl (C=S) groups is 1. The molecule has 0 N–H and O–H groups in total. The quantitative estimate of drug-likeness (QED) is 0.585. The van der Waals surface area contributed by atoms with Gasteiger partial charge in [0.1, 0.15) is 0 Å². The molecule has 0 bridgehead atoms. The van der Waals surface area contributed by atoms with Crippen molar-refractivity contribution >= 4 is 57.6 Å². The Hall–Kier alpha value is -1.62. The fraction of sp³-hybridized carbons (Fsp3) is 0. The van der Waals surface area contributed by atoms with E-state index in [9.17, 15) is 4.79 Å². The Morgan fingerprint density at radius 3 is 2.43 bits per heavy atom. The third-order valence-corrected chi connectivity index (χ3v) is 4.61. The number of carbonyl (C=O) groups excluding carboxylic acids is 1. The molecule has 5 heteroatoms. The lowest BCUT2D eigenvalue weighted by molar-refractivity contribution is -0.113. The molecule has 104 valence electrons. The van der Waals surface area contributed by atoms with Gasteiger partial charge in [0.05, 0.1) is 15.6 Å². The minimum Gasteiger partial charge on any atom is -0.268 e. The number of benzene rings is 2. The highest BCUT2D eigenvalue weighted by Gasteiger charge is 2.34. The molecule has 21 heavy (non-hydrogen) atoms. The van der Waals surface area contributed by atoms with E-state index in [0.717, 1.165) is 5.56 Å². The lowest BCUT2D eigenvalue weighted by atomic mass is 10.2. The minimum absolute atomic E-state index is 0.137. The molecule has 0 radical (unpaired) electrons. The van der Waals surface area contributed by atoms with Crippen LogP contribution in [0.5, 0.6) is 0 Å². The number of carbonyl (C=O) groups is 1. The van der Waals surface area contributed by atoms with E-state index in [0.29, 0.717) is 19.9 Å².